The minimum Gasteiger partial charge on any atom is -0.378 e. The number of nitrogens with zero attached hydrogens (tertiary/aromatic N) is 3. The van der Waals surface area contributed by atoms with Crippen LogP contribution in [0.25, 0.3) is 0 Å². The van der Waals surface area contributed by atoms with Crippen molar-refractivity contribution < 1.29 is 0 Å². The van der Waals surface area contributed by atoms with E-state index >= 15 is 0 Å². The van der Waals surface area contributed by atoms with Crippen molar-refractivity contribution in [3.63, 3.8) is 0 Å². The van der Waals surface area contributed by atoms with E-state index in [4.69, 9.17) is 0 Å². The second kappa shape index (κ2) is 6.00. The van der Waals surface area contributed by atoms with Crippen molar-refractivity contribution in [2.75, 3.05) is 5.32 Å². The fraction of sp³-hybridized carbons (Fsp3) is 0.385. The summed E-state index contributed by atoms with van der Waals surface area (Å²) in [6.07, 6.45) is 2.67. The Hall–Kier alpha value is -1.36. The molecule has 1 aromatic carbocycles. The number of aromatic nitrogens is 3. The number of benzene rings is 1. The summed E-state index contributed by atoms with van der Waals surface area (Å²) in [6.45, 7) is 5.81. The molecular formula is C13H17BrN4. The van der Waals surface area contributed by atoms with Gasteiger partial charge in [0.15, 0.2) is 0 Å². The minimum absolute atomic E-state index is 0.690. The molecule has 1 N–H and O–H groups in total. The third-order valence-electron chi connectivity index (χ3n) is 2.75. The number of rotatable bonds is 5. The molecule has 0 radical (unpaired) electrons. The van der Waals surface area contributed by atoms with Crippen LogP contribution in [0.1, 0.15) is 24.7 Å². The fourth-order valence-electron chi connectivity index (χ4n) is 1.71. The number of aryl methyl sites for hydroxylation is 2. The molecule has 0 aliphatic heterocycles. The average molecular weight is 309 g/mol. The lowest BCUT2D eigenvalue weighted by atomic mass is 10.2. The van der Waals surface area contributed by atoms with Crippen LogP contribution in [-0.2, 0) is 13.1 Å². The zero-order valence-corrected chi connectivity index (χ0v) is 12.2. The van der Waals surface area contributed by atoms with Gasteiger partial charge in [0.25, 0.3) is 0 Å². The van der Waals surface area contributed by atoms with E-state index in [1.54, 1.807) is 6.33 Å². The van der Waals surface area contributed by atoms with Crippen LogP contribution in [0.3, 0.4) is 0 Å². The van der Waals surface area contributed by atoms with Crippen molar-refractivity contribution in [2.45, 2.75) is 33.4 Å². The van der Waals surface area contributed by atoms with E-state index in [-0.39, 0.29) is 0 Å². The van der Waals surface area contributed by atoms with Gasteiger partial charge < -0.3 is 5.32 Å². The molecule has 0 amide bonds. The number of hydrogen-bond donors (Lipinski definition) is 1. The summed E-state index contributed by atoms with van der Waals surface area (Å²) in [5, 5.41) is 7.57. The molecule has 0 saturated carbocycles. The molecular weight excluding hydrogens is 292 g/mol. The van der Waals surface area contributed by atoms with Crippen molar-refractivity contribution in [1.29, 1.82) is 0 Å². The van der Waals surface area contributed by atoms with Gasteiger partial charge in [-0.15, -0.1) is 0 Å². The van der Waals surface area contributed by atoms with E-state index in [0.717, 1.165) is 29.0 Å². The zero-order valence-electron chi connectivity index (χ0n) is 10.7. The van der Waals surface area contributed by atoms with Gasteiger partial charge in [0.05, 0.1) is 6.54 Å². The molecule has 2 rings (SSSR count). The van der Waals surface area contributed by atoms with Crippen LogP contribution in [-0.4, -0.2) is 14.8 Å². The Morgan fingerprint density at radius 2 is 2.22 bits per heavy atom. The highest BCUT2D eigenvalue weighted by Gasteiger charge is 2.03. The van der Waals surface area contributed by atoms with Crippen LogP contribution >= 0.6 is 15.9 Å². The summed E-state index contributed by atoms with van der Waals surface area (Å²) in [5.41, 5.74) is 2.31. The summed E-state index contributed by atoms with van der Waals surface area (Å²) in [5.74, 6) is 0.966. The van der Waals surface area contributed by atoms with Gasteiger partial charge in [-0.2, -0.15) is 5.10 Å². The Kier molecular flexibility index (Phi) is 4.36. The van der Waals surface area contributed by atoms with Gasteiger partial charge in [0.2, 0.25) is 0 Å². The SMILES string of the molecule is CCCn1ncnc1CNc1ccc(C)c(Br)c1. The van der Waals surface area contributed by atoms with Crippen molar-refractivity contribution >= 4 is 21.6 Å². The number of nitrogens with one attached hydrogen (secondary N) is 1. The zero-order chi connectivity index (χ0) is 13.0. The van der Waals surface area contributed by atoms with E-state index in [1.165, 1.54) is 5.56 Å². The molecule has 0 spiro atoms. The maximum Gasteiger partial charge on any atom is 0.146 e. The lowest BCUT2D eigenvalue weighted by molar-refractivity contribution is 0.574. The summed E-state index contributed by atoms with van der Waals surface area (Å²) in [6, 6.07) is 6.24. The number of anilines is 1. The first kappa shape index (κ1) is 13.1. The number of hydrogen-bond acceptors (Lipinski definition) is 3. The number of halogens is 1. The van der Waals surface area contributed by atoms with Gasteiger partial charge >= 0.3 is 0 Å². The van der Waals surface area contributed by atoms with E-state index in [0.29, 0.717) is 6.54 Å². The molecule has 4 nitrogen and oxygen atoms in total. The fourth-order valence-corrected chi connectivity index (χ4v) is 2.09. The molecule has 0 fully saturated rings. The Bertz CT molecular complexity index is 521. The second-order valence-corrected chi connectivity index (χ2v) is 5.07. The first-order chi connectivity index (χ1) is 8.70. The van der Waals surface area contributed by atoms with Gasteiger partial charge in [-0.25, -0.2) is 9.67 Å². The summed E-state index contributed by atoms with van der Waals surface area (Å²) in [7, 11) is 0. The molecule has 0 aliphatic carbocycles. The lowest BCUT2D eigenvalue weighted by Crippen LogP contribution is -2.10. The summed E-state index contributed by atoms with van der Waals surface area (Å²) < 4.78 is 3.05. The van der Waals surface area contributed by atoms with Crippen LogP contribution in [0.5, 0.6) is 0 Å². The smallest absolute Gasteiger partial charge is 0.146 e. The third-order valence-corrected chi connectivity index (χ3v) is 3.61. The van der Waals surface area contributed by atoms with Crippen molar-refractivity contribution in [3.05, 3.63) is 40.4 Å². The monoisotopic (exact) mass is 308 g/mol. The first-order valence-electron chi connectivity index (χ1n) is 6.07. The Balaban J connectivity index is 2.02. The Morgan fingerprint density at radius 3 is 2.94 bits per heavy atom. The lowest BCUT2D eigenvalue weighted by Gasteiger charge is -2.08. The van der Waals surface area contributed by atoms with E-state index in [9.17, 15) is 0 Å². The molecule has 0 atom stereocenters. The largest absolute Gasteiger partial charge is 0.378 e. The average Bonchev–Trinajstić information content (AvgIpc) is 2.79. The van der Waals surface area contributed by atoms with E-state index in [2.05, 4.69) is 63.4 Å². The van der Waals surface area contributed by atoms with Gasteiger partial charge in [-0.1, -0.05) is 28.9 Å². The Labute approximate surface area is 116 Å². The normalized spacial score (nSPS) is 10.6. The molecule has 0 bridgehead atoms. The predicted octanol–water partition coefficient (Wildman–Crippen LogP) is 3.37. The maximum absolute atomic E-state index is 4.27. The molecule has 2 aromatic rings. The van der Waals surface area contributed by atoms with Crippen molar-refractivity contribution in [3.8, 4) is 0 Å². The van der Waals surface area contributed by atoms with Crippen LogP contribution in [0.4, 0.5) is 5.69 Å². The second-order valence-electron chi connectivity index (χ2n) is 4.22. The quantitative estimate of drug-likeness (QED) is 0.921. The predicted molar refractivity (Wildman–Crippen MR) is 76.5 cm³/mol. The molecule has 18 heavy (non-hydrogen) atoms. The van der Waals surface area contributed by atoms with Crippen LogP contribution in [0.2, 0.25) is 0 Å². The highest BCUT2D eigenvalue weighted by molar-refractivity contribution is 9.10. The van der Waals surface area contributed by atoms with E-state index < -0.39 is 0 Å². The van der Waals surface area contributed by atoms with Gasteiger partial charge in [0, 0.05) is 16.7 Å². The maximum atomic E-state index is 4.27. The highest BCUT2D eigenvalue weighted by Crippen LogP contribution is 2.20. The summed E-state index contributed by atoms with van der Waals surface area (Å²) >= 11 is 3.53. The van der Waals surface area contributed by atoms with Crippen LogP contribution in [0.15, 0.2) is 29.0 Å². The van der Waals surface area contributed by atoms with Crippen LogP contribution in [0, 0.1) is 6.92 Å². The van der Waals surface area contributed by atoms with Gasteiger partial charge in [0.1, 0.15) is 12.2 Å². The molecule has 1 heterocycles. The third kappa shape index (κ3) is 3.10. The van der Waals surface area contributed by atoms with Crippen molar-refractivity contribution in [1.82, 2.24) is 14.8 Å². The standard InChI is InChI=1S/C13H17BrN4/c1-3-6-18-13(16-9-17-18)8-15-11-5-4-10(2)12(14)7-11/h4-5,7,9,15H,3,6,8H2,1-2H3. The highest BCUT2D eigenvalue weighted by atomic mass is 79.9. The molecule has 5 heteroatoms. The van der Waals surface area contributed by atoms with Crippen LogP contribution < -0.4 is 5.32 Å². The molecule has 0 saturated heterocycles. The Morgan fingerprint density at radius 1 is 1.39 bits per heavy atom. The van der Waals surface area contributed by atoms with Gasteiger partial charge in [-0.3, -0.25) is 0 Å². The topological polar surface area (TPSA) is 42.7 Å². The summed E-state index contributed by atoms with van der Waals surface area (Å²) in [4.78, 5) is 4.27. The molecule has 1 aromatic heterocycles. The van der Waals surface area contributed by atoms with Gasteiger partial charge in [-0.05, 0) is 31.0 Å². The molecule has 96 valence electrons. The molecule has 0 aliphatic rings. The van der Waals surface area contributed by atoms with E-state index in [1.807, 2.05) is 4.68 Å². The molecule has 0 unspecified atom stereocenters. The van der Waals surface area contributed by atoms with Crippen molar-refractivity contribution in [2.24, 2.45) is 0 Å². The minimum atomic E-state index is 0.690. The first-order valence-corrected chi connectivity index (χ1v) is 6.86.